The molecule has 0 radical (unpaired) electrons. The maximum Gasteiger partial charge on any atom is 0.211 e. The molecular weight excluding hydrogens is 236 g/mol. The number of sulfonamides is 1. The van der Waals surface area contributed by atoms with Gasteiger partial charge in [-0.25, -0.2) is 13.1 Å². The molecule has 1 unspecified atom stereocenters. The minimum absolute atomic E-state index is 0.0383. The molecule has 1 saturated carbocycles. The molecule has 5 heteroatoms. The zero-order valence-corrected chi connectivity index (χ0v) is 12.0. The second-order valence-electron chi connectivity index (χ2n) is 5.55. The Bertz CT molecular complexity index is 310. The normalized spacial score (nSPS) is 18.6. The van der Waals surface area contributed by atoms with Crippen molar-refractivity contribution in [2.75, 3.05) is 12.3 Å². The summed E-state index contributed by atoms with van der Waals surface area (Å²) in [7, 11) is -3.09. The molecule has 0 aromatic carbocycles. The number of nitrogens with one attached hydrogen (secondary N) is 2. The number of rotatable bonds is 9. The van der Waals surface area contributed by atoms with Crippen LogP contribution in [0.4, 0.5) is 0 Å². The van der Waals surface area contributed by atoms with Crippen LogP contribution in [0.5, 0.6) is 0 Å². The maximum absolute atomic E-state index is 11.7. The van der Waals surface area contributed by atoms with Crippen molar-refractivity contribution in [3.63, 3.8) is 0 Å². The first-order chi connectivity index (χ1) is 7.89. The molecule has 1 aliphatic carbocycles. The minimum atomic E-state index is -3.09. The zero-order valence-electron chi connectivity index (χ0n) is 11.2. The molecule has 0 bridgehead atoms. The van der Waals surface area contributed by atoms with Gasteiger partial charge in [0.1, 0.15) is 0 Å². The van der Waals surface area contributed by atoms with E-state index in [9.17, 15) is 8.42 Å². The lowest BCUT2D eigenvalue weighted by molar-refractivity contribution is 0.481. The molecule has 1 atom stereocenters. The average molecular weight is 262 g/mol. The van der Waals surface area contributed by atoms with Crippen LogP contribution in [0.2, 0.25) is 0 Å². The van der Waals surface area contributed by atoms with Crippen LogP contribution in [0.3, 0.4) is 0 Å². The van der Waals surface area contributed by atoms with Crippen LogP contribution in [0.1, 0.15) is 46.5 Å². The van der Waals surface area contributed by atoms with Crippen molar-refractivity contribution >= 4 is 10.0 Å². The molecule has 0 aromatic rings. The van der Waals surface area contributed by atoms with Gasteiger partial charge in [0.05, 0.1) is 5.75 Å². The lowest BCUT2D eigenvalue weighted by Gasteiger charge is -2.16. The van der Waals surface area contributed by atoms with Crippen molar-refractivity contribution in [2.45, 2.75) is 58.5 Å². The quantitative estimate of drug-likeness (QED) is 0.619. The van der Waals surface area contributed by atoms with Crippen LogP contribution in [-0.2, 0) is 10.0 Å². The predicted octanol–water partition coefficient (Wildman–Crippen LogP) is 1.48. The van der Waals surface area contributed by atoms with Crippen LogP contribution in [0.15, 0.2) is 0 Å². The first-order valence-corrected chi connectivity index (χ1v) is 8.27. The van der Waals surface area contributed by atoms with Gasteiger partial charge in [-0.1, -0.05) is 13.8 Å². The molecule has 102 valence electrons. The van der Waals surface area contributed by atoms with Gasteiger partial charge in [-0.2, -0.15) is 0 Å². The maximum atomic E-state index is 11.7. The highest BCUT2D eigenvalue weighted by molar-refractivity contribution is 7.89. The van der Waals surface area contributed by atoms with Crippen molar-refractivity contribution in [3.8, 4) is 0 Å². The highest BCUT2D eigenvalue weighted by Gasteiger charge is 2.20. The van der Waals surface area contributed by atoms with Crippen LogP contribution >= 0.6 is 0 Å². The van der Waals surface area contributed by atoms with Gasteiger partial charge in [0.2, 0.25) is 10.0 Å². The first-order valence-electron chi connectivity index (χ1n) is 6.62. The van der Waals surface area contributed by atoms with Gasteiger partial charge in [-0.05, 0) is 45.1 Å². The molecule has 0 spiro atoms. The van der Waals surface area contributed by atoms with Crippen molar-refractivity contribution < 1.29 is 8.42 Å². The first kappa shape index (κ1) is 14.9. The molecule has 0 saturated heterocycles. The van der Waals surface area contributed by atoms with E-state index in [0.29, 0.717) is 18.4 Å². The molecule has 2 N–H and O–H groups in total. The molecule has 1 fully saturated rings. The largest absolute Gasteiger partial charge is 0.314 e. The third kappa shape index (κ3) is 7.73. The third-order valence-electron chi connectivity index (χ3n) is 2.81. The molecule has 0 aliphatic heterocycles. The van der Waals surface area contributed by atoms with Crippen molar-refractivity contribution in [3.05, 3.63) is 0 Å². The Labute approximate surface area is 106 Å². The van der Waals surface area contributed by atoms with Gasteiger partial charge >= 0.3 is 0 Å². The van der Waals surface area contributed by atoms with E-state index in [0.717, 1.165) is 13.0 Å². The smallest absolute Gasteiger partial charge is 0.211 e. The van der Waals surface area contributed by atoms with E-state index in [1.807, 2.05) is 6.92 Å². The Morgan fingerprint density at radius 1 is 1.24 bits per heavy atom. The van der Waals surface area contributed by atoms with Gasteiger partial charge in [0, 0.05) is 12.1 Å². The van der Waals surface area contributed by atoms with E-state index in [-0.39, 0.29) is 11.8 Å². The lowest BCUT2D eigenvalue weighted by atomic mass is 10.1. The van der Waals surface area contributed by atoms with Crippen molar-refractivity contribution in [2.24, 2.45) is 5.92 Å². The van der Waals surface area contributed by atoms with Crippen LogP contribution < -0.4 is 10.0 Å². The molecular formula is C12H26N2O2S. The summed E-state index contributed by atoms with van der Waals surface area (Å²) in [6, 6.07) is 0.696. The fourth-order valence-corrected chi connectivity index (χ4v) is 3.33. The van der Waals surface area contributed by atoms with Crippen molar-refractivity contribution in [1.29, 1.82) is 0 Å². The summed E-state index contributed by atoms with van der Waals surface area (Å²) in [5.41, 5.74) is 0. The van der Waals surface area contributed by atoms with Gasteiger partial charge in [0.25, 0.3) is 0 Å². The van der Waals surface area contributed by atoms with Crippen LogP contribution in [-0.4, -0.2) is 32.8 Å². The van der Waals surface area contributed by atoms with E-state index >= 15 is 0 Å². The lowest BCUT2D eigenvalue weighted by Crippen LogP contribution is -2.36. The molecule has 0 heterocycles. The minimum Gasteiger partial charge on any atom is -0.314 e. The summed E-state index contributed by atoms with van der Waals surface area (Å²) < 4.78 is 26.2. The van der Waals surface area contributed by atoms with E-state index in [4.69, 9.17) is 0 Å². The Kier molecular flexibility index (Phi) is 5.89. The predicted molar refractivity (Wildman–Crippen MR) is 71.5 cm³/mol. The van der Waals surface area contributed by atoms with Gasteiger partial charge in [0.15, 0.2) is 0 Å². The molecule has 0 amide bonds. The zero-order chi connectivity index (χ0) is 12.9. The summed E-state index contributed by atoms with van der Waals surface area (Å²) in [6.45, 7) is 6.94. The Balaban J connectivity index is 2.14. The fourth-order valence-electron chi connectivity index (χ4n) is 1.98. The Morgan fingerprint density at radius 2 is 1.88 bits per heavy atom. The number of hydrogen-bond acceptors (Lipinski definition) is 3. The summed E-state index contributed by atoms with van der Waals surface area (Å²) in [5.74, 6) is 0.749. The Hall–Kier alpha value is -0.130. The molecule has 0 aromatic heterocycles. The second-order valence-corrected chi connectivity index (χ2v) is 7.42. The van der Waals surface area contributed by atoms with E-state index in [1.54, 1.807) is 0 Å². The summed E-state index contributed by atoms with van der Waals surface area (Å²) in [6.07, 6.45) is 4.08. The molecule has 1 aliphatic rings. The summed E-state index contributed by atoms with van der Waals surface area (Å²) in [4.78, 5) is 0. The average Bonchev–Trinajstić information content (AvgIpc) is 2.93. The Morgan fingerprint density at radius 3 is 2.41 bits per heavy atom. The second kappa shape index (κ2) is 6.71. The number of hydrogen-bond donors (Lipinski definition) is 2. The monoisotopic (exact) mass is 262 g/mol. The van der Waals surface area contributed by atoms with E-state index in [1.165, 1.54) is 12.8 Å². The van der Waals surface area contributed by atoms with Crippen LogP contribution in [0.25, 0.3) is 0 Å². The van der Waals surface area contributed by atoms with Gasteiger partial charge < -0.3 is 5.32 Å². The van der Waals surface area contributed by atoms with Crippen molar-refractivity contribution in [1.82, 2.24) is 10.0 Å². The topological polar surface area (TPSA) is 58.2 Å². The molecule has 4 nitrogen and oxygen atoms in total. The summed E-state index contributed by atoms with van der Waals surface area (Å²) >= 11 is 0. The SMILES string of the molecule is CC(C)CC(C)NS(=O)(=O)CCCNC1CC1. The van der Waals surface area contributed by atoms with E-state index in [2.05, 4.69) is 23.9 Å². The molecule has 17 heavy (non-hydrogen) atoms. The highest BCUT2D eigenvalue weighted by atomic mass is 32.2. The van der Waals surface area contributed by atoms with Crippen LogP contribution in [0, 0.1) is 5.92 Å². The third-order valence-corrected chi connectivity index (χ3v) is 4.39. The fraction of sp³-hybridized carbons (Fsp3) is 1.00. The molecule has 1 rings (SSSR count). The summed E-state index contributed by atoms with van der Waals surface area (Å²) in [5, 5.41) is 3.32. The standard InChI is InChI=1S/C12H26N2O2S/c1-10(2)9-11(3)14-17(15,16)8-4-7-13-12-5-6-12/h10-14H,4-9H2,1-3H3. The highest BCUT2D eigenvalue weighted by Crippen LogP contribution is 2.18. The van der Waals surface area contributed by atoms with Gasteiger partial charge in [-0.15, -0.1) is 0 Å². The van der Waals surface area contributed by atoms with Gasteiger partial charge in [-0.3, -0.25) is 0 Å². The van der Waals surface area contributed by atoms with E-state index < -0.39 is 10.0 Å².